The second-order valence-electron chi connectivity index (χ2n) is 3.90. The van der Waals surface area contributed by atoms with Crippen LogP contribution in [-0.2, 0) is 0 Å². The molecule has 0 unspecified atom stereocenters. The summed E-state index contributed by atoms with van der Waals surface area (Å²) in [7, 11) is 0. The number of phenols is 1. The van der Waals surface area contributed by atoms with Crippen molar-refractivity contribution in [3.63, 3.8) is 0 Å². The molecule has 0 saturated heterocycles. The van der Waals surface area contributed by atoms with Crippen molar-refractivity contribution >= 4 is 10.9 Å². The number of hydrogen-bond donors (Lipinski definition) is 2. The molecule has 3 aromatic rings. The smallest absolute Gasteiger partial charge is 0.147 e. The molecule has 0 spiro atoms. The molecule has 0 radical (unpaired) electrons. The van der Waals surface area contributed by atoms with Crippen LogP contribution in [0.5, 0.6) is 5.75 Å². The van der Waals surface area contributed by atoms with Crippen LogP contribution >= 0.6 is 0 Å². The third-order valence-electron chi connectivity index (χ3n) is 2.80. The third-order valence-corrected chi connectivity index (χ3v) is 2.80. The van der Waals surface area contributed by atoms with Gasteiger partial charge < -0.3 is 10.1 Å². The summed E-state index contributed by atoms with van der Waals surface area (Å²) in [5.74, 6) is -0.108. The molecule has 84 valence electrons. The van der Waals surface area contributed by atoms with E-state index in [0.717, 1.165) is 5.39 Å². The number of para-hydroxylation sites is 2. The lowest BCUT2D eigenvalue weighted by atomic mass is 10.1. The Labute approximate surface area is 97.3 Å². The van der Waals surface area contributed by atoms with Gasteiger partial charge in [0.2, 0.25) is 0 Å². The van der Waals surface area contributed by atoms with Crippen molar-refractivity contribution < 1.29 is 9.50 Å². The summed E-state index contributed by atoms with van der Waals surface area (Å²) in [4.78, 5) is 2.99. The highest BCUT2D eigenvalue weighted by Crippen LogP contribution is 2.31. The Morgan fingerprint density at radius 3 is 2.59 bits per heavy atom. The van der Waals surface area contributed by atoms with Gasteiger partial charge in [0.25, 0.3) is 0 Å². The molecule has 3 rings (SSSR count). The molecule has 0 aliphatic heterocycles. The number of halogens is 1. The molecule has 0 atom stereocenters. The minimum Gasteiger partial charge on any atom is -0.507 e. The van der Waals surface area contributed by atoms with Crippen molar-refractivity contribution in [3.05, 3.63) is 54.3 Å². The summed E-state index contributed by atoms with van der Waals surface area (Å²) < 4.78 is 13.5. The number of nitrogens with one attached hydrogen (secondary N) is 1. The van der Waals surface area contributed by atoms with E-state index in [1.807, 2.05) is 18.2 Å². The second-order valence-corrected chi connectivity index (χ2v) is 3.90. The van der Waals surface area contributed by atoms with E-state index in [9.17, 15) is 9.50 Å². The first-order chi connectivity index (χ1) is 8.25. The number of aromatic nitrogens is 1. The Kier molecular flexibility index (Phi) is 2.11. The molecule has 0 fully saturated rings. The number of phenolic OH excluding ortho intramolecular Hbond substituents is 1. The molecule has 2 nitrogen and oxygen atoms in total. The zero-order valence-electron chi connectivity index (χ0n) is 8.94. The van der Waals surface area contributed by atoms with Crippen LogP contribution in [0.25, 0.3) is 22.2 Å². The number of fused-ring (bicyclic) bond motifs is 1. The highest BCUT2D eigenvalue weighted by Gasteiger charge is 2.08. The van der Waals surface area contributed by atoms with Crippen LogP contribution in [0.1, 0.15) is 0 Å². The minimum absolute atomic E-state index is 0.180. The molecule has 0 bridgehead atoms. The van der Waals surface area contributed by atoms with Crippen LogP contribution in [0.4, 0.5) is 4.39 Å². The number of benzene rings is 2. The zero-order chi connectivity index (χ0) is 11.8. The van der Waals surface area contributed by atoms with Gasteiger partial charge in [-0.25, -0.2) is 4.39 Å². The lowest BCUT2D eigenvalue weighted by molar-refractivity contribution is 0.477. The molecule has 0 aliphatic rings. The van der Waals surface area contributed by atoms with E-state index < -0.39 is 0 Å². The van der Waals surface area contributed by atoms with Gasteiger partial charge in [0.15, 0.2) is 0 Å². The van der Waals surface area contributed by atoms with E-state index in [0.29, 0.717) is 16.8 Å². The Morgan fingerprint density at radius 2 is 1.82 bits per heavy atom. The lowest BCUT2D eigenvalue weighted by Crippen LogP contribution is -1.79. The average Bonchev–Trinajstić information content (AvgIpc) is 2.75. The molecule has 1 heterocycles. The number of aromatic hydroxyl groups is 1. The van der Waals surface area contributed by atoms with Gasteiger partial charge in [-0.1, -0.05) is 24.3 Å². The van der Waals surface area contributed by atoms with Gasteiger partial charge in [-0.3, -0.25) is 0 Å². The fourth-order valence-electron chi connectivity index (χ4n) is 1.97. The predicted molar refractivity (Wildman–Crippen MR) is 65.4 cm³/mol. The van der Waals surface area contributed by atoms with E-state index in [1.54, 1.807) is 24.3 Å². The molecule has 1 aromatic heterocycles. The SMILES string of the molecule is Oc1ccccc1-c1cc2cccc(F)c2[nH]1. The topological polar surface area (TPSA) is 36.0 Å². The maximum Gasteiger partial charge on any atom is 0.147 e. The summed E-state index contributed by atoms with van der Waals surface area (Å²) in [5.41, 5.74) is 1.84. The summed E-state index contributed by atoms with van der Waals surface area (Å²) >= 11 is 0. The molecular weight excluding hydrogens is 217 g/mol. The first kappa shape index (κ1) is 9.90. The van der Waals surface area contributed by atoms with Crippen LogP contribution in [0.15, 0.2) is 48.5 Å². The van der Waals surface area contributed by atoms with Crippen molar-refractivity contribution in [1.82, 2.24) is 4.98 Å². The molecule has 2 aromatic carbocycles. The number of hydrogen-bond acceptors (Lipinski definition) is 1. The van der Waals surface area contributed by atoms with Crippen molar-refractivity contribution in [2.24, 2.45) is 0 Å². The van der Waals surface area contributed by atoms with E-state index in [2.05, 4.69) is 4.98 Å². The van der Waals surface area contributed by atoms with E-state index >= 15 is 0 Å². The molecule has 17 heavy (non-hydrogen) atoms. The first-order valence-electron chi connectivity index (χ1n) is 5.31. The van der Waals surface area contributed by atoms with E-state index in [-0.39, 0.29) is 11.6 Å². The molecule has 0 saturated carbocycles. The standard InChI is InChI=1S/C14H10FNO/c15-11-6-3-4-9-8-12(16-14(9)11)10-5-1-2-7-13(10)17/h1-8,16-17H. The van der Waals surface area contributed by atoms with Crippen molar-refractivity contribution in [1.29, 1.82) is 0 Å². The van der Waals surface area contributed by atoms with Gasteiger partial charge in [-0.15, -0.1) is 0 Å². The first-order valence-corrected chi connectivity index (χ1v) is 5.31. The van der Waals surface area contributed by atoms with Gasteiger partial charge in [0.1, 0.15) is 11.6 Å². The zero-order valence-corrected chi connectivity index (χ0v) is 8.94. The van der Waals surface area contributed by atoms with Crippen molar-refractivity contribution in [3.8, 4) is 17.0 Å². The summed E-state index contributed by atoms with van der Waals surface area (Å²) in [6, 6.07) is 13.7. The molecule has 0 amide bonds. The lowest BCUT2D eigenvalue weighted by Gasteiger charge is -2.00. The highest BCUT2D eigenvalue weighted by molar-refractivity contribution is 5.87. The van der Waals surface area contributed by atoms with E-state index in [1.165, 1.54) is 6.07 Å². The van der Waals surface area contributed by atoms with Crippen LogP contribution in [0.3, 0.4) is 0 Å². The molecule has 2 N–H and O–H groups in total. The predicted octanol–water partition coefficient (Wildman–Crippen LogP) is 3.68. The fraction of sp³-hybridized carbons (Fsp3) is 0. The van der Waals surface area contributed by atoms with E-state index in [4.69, 9.17) is 0 Å². The highest BCUT2D eigenvalue weighted by atomic mass is 19.1. The van der Waals surface area contributed by atoms with Gasteiger partial charge in [-0.2, -0.15) is 0 Å². The average molecular weight is 227 g/mol. The Bertz CT molecular complexity index is 688. The van der Waals surface area contributed by atoms with Crippen LogP contribution in [-0.4, -0.2) is 10.1 Å². The van der Waals surface area contributed by atoms with Gasteiger partial charge in [0.05, 0.1) is 11.2 Å². The van der Waals surface area contributed by atoms with Gasteiger partial charge in [0, 0.05) is 10.9 Å². The number of rotatable bonds is 1. The Hall–Kier alpha value is -2.29. The fourth-order valence-corrected chi connectivity index (χ4v) is 1.97. The van der Waals surface area contributed by atoms with Gasteiger partial charge >= 0.3 is 0 Å². The summed E-state index contributed by atoms with van der Waals surface area (Å²) in [6.45, 7) is 0. The van der Waals surface area contributed by atoms with Gasteiger partial charge in [-0.05, 0) is 24.3 Å². The third kappa shape index (κ3) is 1.56. The molecular formula is C14H10FNO. The van der Waals surface area contributed by atoms with Crippen molar-refractivity contribution in [2.45, 2.75) is 0 Å². The Morgan fingerprint density at radius 1 is 1.00 bits per heavy atom. The maximum atomic E-state index is 13.5. The van der Waals surface area contributed by atoms with Crippen LogP contribution < -0.4 is 0 Å². The Balaban J connectivity index is 2.26. The maximum absolute atomic E-state index is 13.5. The molecule has 0 aliphatic carbocycles. The van der Waals surface area contributed by atoms with Crippen LogP contribution in [0.2, 0.25) is 0 Å². The second kappa shape index (κ2) is 3.63. The van der Waals surface area contributed by atoms with Crippen LogP contribution in [0, 0.1) is 5.82 Å². The quantitative estimate of drug-likeness (QED) is 0.653. The monoisotopic (exact) mass is 227 g/mol. The normalized spacial score (nSPS) is 10.9. The largest absolute Gasteiger partial charge is 0.507 e. The molecule has 3 heteroatoms. The minimum atomic E-state index is -0.288. The number of H-pyrrole nitrogens is 1. The van der Waals surface area contributed by atoms with Crippen molar-refractivity contribution in [2.75, 3.05) is 0 Å². The summed E-state index contributed by atoms with van der Waals surface area (Å²) in [6.07, 6.45) is 0. The summed E-state index contributed by atoms with van der Waals surface area (Å²) in [5, 5.41) is 10.5. The number of aromatic amines is 1.